The van der Waals surface area contributed by atoms with E-state index in [2.05, 4.69) is 62.5 Å². The zero-order valence-electron chi connectivity index (χ0n) is 46.7. The van der Waals surface area contributed by atoms with Crippen LogP contribution >= 0.6 is 0 Å². The topological polar surface area (TPSA) is 175 Å². The second-order valence-electron chi connectivity index (χ2n) is 20.7. The summed E-state index contributed by atoms with van der Waals surface area (Å²) in [5, 5.41) is 56.8. The highest BCUT2D eigenvalue weighted by molar-refractivity contribution is 5.80. The molecule has 0 aliphatic carbocycles. The summed E-state index contributed by atoms with van der Waals surface area (Å²) in [5.74, 6) is -1.25. The summed E-state index contributed by atoms with van der Waals surface area (Å²) < 4.78 is 17.6. The summed E-state index contributed by atoms with van der Waals surface area (Å²) in [5.41, 5.74) is 0. The first-order chi connectivity index (χ1) is 35.7. The summed E-state index contributed by atoms with van der Waals surface area (Å²) in [7, 11) is 0. The van der Waals surface area contributed by atoms with Crippen LogP contribution in [0.3, 0.4) is 0 Å². The Hall–Kier alpha value is -2.64. The van der Waals surface area contributed by atoms with Crippen molar-refractivity contribution in [2.75, 3.05) is 13.2 Å². The molecule has 73 heavy (non-hydrogen) atoms. The molecule has 8 unspecified atom stereocenters. The standard InChI is InChI=1S/C62H111NO10/c1-4-7-10-13-16-19-22-24-26-28-30-32-35-38-41-44-47-50-57(67)73-60-59(69)58(68)56(51-64)72-62(60)71-52-53(54(65)48-45-42-39-36-33-21-18-15-12-9-6-3)63-61(70)55(66)49-46-43-40-37-34-31-29-27-25-23-20-17-14-11-8-5-2/h17,20,25,27,31,34,40,43,45,48,53-56,58-60,62,64-66,68-69H,4-16,18-19,21-24,26,28-30,32-33,35-39,41-42,44,46-47,49-52H2,1-3H3,(H,63,70)/b20-17-,27-25-,34-31-,43-40-,48-45+. The molecule has 1 heterocycles. The second-order valence-corrected chi connectivity index (χ2v) is 20.7. The molecular formula is C62H111NO10. The number of hydrogen-bond donors (Lipinski definition) is 6. The molecule has 1 aliphatic heterocycles. The lowest BCUT2D eigenvalue weighted by molar-refractivity contribution is -0.305. The highest BCUT2D eigenvalue weighted by Gasteiger charge is 2.47. The molecule has 424 valence electrons. The maximum Gasteiger partial charge on any atom is 0.306 e. The van der Waals surface area contributed by atoms with E-state index in [0.717, 1.165) is 70.6 Å². The zero-order valence-corrected chi connectivity index (χ0v) is 46.7. The van der Waals surface area contributed by atoms with Gasteiger partial charge in [-0.1, -0.05) is 248 Å². The van der Waals surface area contributed by atoms with Gasteiger partial charge in [-0.05, 0) is 64.2 Å². The van der Waals surface area contributed by atoms with E-state index in [1.807, 2.05) is 18.2 Å². The third kappa shape index (κ3) is 38.5. The molecule has 1 saturated heterocycles. The number of allylic oxidation sites excluding steroid dienone is 9. The molecule has 0 radical (unpaired) electrons. The van der Waals surface area contributed by atoms with Gasteiger partial charge in [-0.3, -0.25) is 9.59 Å². The number of carbonyl (C=O) groups excluding carboxylic acids is 2. The van der Waals surface area contributed by atoms with E-state index >= 15 is 0 Å². The minimum Gasteiger partial charge on any atom is -0.454 e. The van der Waals surface area contributed by atoms with Crippen molar-refractivity contribution in [3.05, 3.63) is 60.8 Å². The first-order valence-corrected chi connectivity index (χ1v) is 30.1. The van der Waals surface area contributed by atoms with Crippen molar-refractivity contribution in [3.63, 3.8) is 0 Å². The number of rotatable bonds is 50. The third-order valence-electron chi connectivity index (χ3n) is 13.9. The van der Waals surface area contributed by atoms with E-state index in [1.165, 1.54) is 141 Å². The summed E-state index contributed by atoms with van der Waals surface area (Å²) >= 11 is 0. The average molecular weight is 1030 g/mol. The van der Waals surface area contributed by atoms with Crippen molar-refractivity contribution in [2.24, 2.45) is 0 Å². The first kappa shape index (κ1) is 68.4. The molecule has 0 spiro atoms. The van der Waals surface area contributed by atoms with Crippen LogP contribution in [0.1, 0.15) is 258 Å². The molecular weight excluding hydrogens is 919 g/mol. The maximum absolute atomic E-state index is 13.4. The number of aliphatic hydroxyl groups is 5. The van der Waals surface area contributed by atoms with E-state index in [9.17, 15) is 35.1 Å². The van der Waals surface area contributed by atoms with Crippen LogP contribution < -0.4 is 5.32 Å². The number of nitrogens with one attached hydrogen (secondary N) is 1. The second kappa shape index (κ2) is 50.2. The Labute approximate surface area is 446 Å². The van der Waals surface area contributed by atoms with Gasteiger partial charge < -0.3 is 45.1 Å². The van der Waals surface area contributed by atoms with Gasteiger partial charge in [0.15, 0.2) is 12.4 Å². The van der Waals surface area contributed by atoms with Crippen LogP contribution in [-0.2, 0) is 23.8 Å². The number of aliphatic hydroxyl groups excluding tert-OH is 5. The summed E-state index contributed by atoms with van der Waals surface area (Å²) in [6, 6.07) is -1.05. The van der Waals surface area contributed by atoms with E-state index in [0.29, 0.717) is 12.8 Å². The molecule has 1 rings (SSSR count). The molecule has 0 aromatic carbocycles. The van der Waals surface area contributed by atoms with Gasteiger partial charge in [0, 0.05) is 6.42 Å². The number of esters is 1. The molecule has 0 aromatic rings. The SMILES string of the molecule is CCCCC/C=C\C/C=C\C/C=C\C/C=C\CCC(O)C(=O)NC(COC1OC(CO)C(O)C(O)C1OC(=O)CCCCCCCCCCCCCCCCCCC)C(O)/C=C/CCCCCCCCCCC. The predicted octanol–water partition coefficient (Wildman–Crippen LogP) is 13.8. The number of amides is 1. The van der Waals surface area contributed by atoms with Gasteiger partial charge in [0.1, 0.15) is 24.4 Å². The van der Waals surface area contributed by atoms with Crippen molar-refractivity contribution in [2.45, 2.75) is 307 Å². The Morgan fingerprint density at radius 1 is 0.534 bits per heavy atom. The predicted molar refractivity (Wildman–Crippen MR) is 301 cm³/mol. The Morgan fingerprint density at radius 2 is 0.945 bits per heavy atom. The van der Waals surface area contributed by atoms with Crippen LogP contribution in [0.5, 0.6) is 0 Å². The normalized spacial score (nSPS) is 19.8. The van der Waals surface area contributed by atoms with Gasteiger partial charge in [0.25, 0.3) is 0 Å². The molecule has 11 nitrogen and oxygen atoms in total. The monoisotopic (exact) mass is 1030 g/mol. The van der Waals surface area contributed by atoms with Crippen LogP contribution in [0, 0.1) is 0 Å². The van der Waals surface area contributed by atoms with Crippen LogP contribution in [0.2, 0.25) is 0 Å². The number of carbonyl (C=O) groups is 2. The van der Waals surface area contributed by atoms with Crippen molar-refractivity contribution in [1.82, 2.24) is 5.32 Å². The minimum atomic E-state index is -1.62. The summed E-state index contributed by atoms with van der Waals surface area (Å²) in [6.45, 7) is 5.72. The quantitative estimate of drug-likeness (QED) is 0.0195. The van der Waals surface area contributed by atoms with Gasteiger partial charge >= 0.3 is 5.97 Å². The number of hydrogen-bond acceptors (Lipinski definition) is 10. The minimum absolute atomic E-state index is 0.119. The molecule has 0 bridgehead atoms. The lowest BCUT2D eigenvalue weighted by Crippen LogP contribution is -2.61. The number of ether oxygens (including phenoxy) is 3. The van der Waals surface area contributed by atoms with E-state index in [4.69, 9.17) is 14.2 Å². The molecule has 8 atom stereocenters. The van der Waals surface area contributed by atoms with Crippen LogP contribution in [0.4, 0.5) is 0 Å². The molecule has 0 saturated carbocycles. The van der Waals surface area contributed by atoms with Crippen molar-refractivity contribution in [3.8, 4) is 0 Å². The Morgan fingerprint density at radius 3 is 1.44 bits per heavy atom. The van der Waals surface area contributed by atoms with Gasteiger partial charge in [0.05, 0.1) is 25.4 Å². The Bertz CT molecular complexity index is 1420. The average Bonchev–Trinajstić information content (AvgIpc) is 3.39. The Balaban J connectivity index is 2.73. The maximum atomic E-state index is 13.4. The molecule has 11 heteroatoms. The lowest BCUT2D eigenvalue weighted by Gasteiger charge is -2.41. The van der Waals surface area contributed by atoms with Crippen LogP contribution in [0.15, 0.2) is 60.8 Å². The largest absolute Gasteiger partial charge is 0.454 e. The first-order valence-electron chi connectivity index (χ1n) is 30.1. The zero-order chi connectivity index (χ0) is 53.3. The van der Waals surface area contributed by atoms with Crippen molar-refractivity contribution in [1.29, 1.82) is 0 Å². The van der Waals surface area contributed by atoms with E-state index in [1.54, 1.807) is 6.08 Å². The van der Waals surface area contributed by atoms with Gasteiger partial charge in [-0.15, -0.1) is 0 Å². The third-order valence-corrected chi connectivity index (χ3v) is 13.9. The van der Waals surface area contributed by atoms with E-state index < -0.39 is 67.4 Å². The van der Waals surface area contributed by atoms with Crippen molar-refractivity contribution >= 4 is 11.9 Å². The Kier molecular flexibility index (Phi) is 47.0. The fourth-order valence-corrected chi connectivity index (χ4v) is 9.11. The molecule has 6 N–H and O–H groups in total. The molecule has 1 amide bonds. The fourth-order valence-electron chi connectivity index (χ4n) is 9.11. The summed E-state index contributed by atoms with van der Waals surface area (Å²) in [4.78, 5) is 26.5. The van der Waals surface area contributed by atoms with E-state index in [-0.39, 0.29) is 19.4 Å². The van der Waals surface area contributed by atoms with Crippen molar-refractivity contribution < 1.29 is 49.3 Å². The highest BCUT2D eigenvalue weighted by atomic mass is 16.7. The molecule has 1 aliphatic rings. The van der Waals surface area contributed by atoms with Crippen LogP contribution in [-0.4, -0.2) is 99.6 Å². The van der Waals surface area contributed by atoms with Gasteiger partial charge in [0.2, 0.25) is 5.91 Å². The number of unbranched alkanes of at least 4 members (excludes halogenated alkanes) is 28. The lowest BCUT2D eigenvalue weighted by atomic mass is 9.99. The molecule has 0 aromatic heterocycles. The van der Waals surface area contributed by atoms with Gasteiger partial charge in [-0.2, -0.15) is 0 Å². The fraction of sp³-hybridized carbons (Fsp3) is 0.806. The molecule has 1 fully saturated rings. The summed E-state index contributed by atoms with van der Waals surface area (Å²) in [6.07, 6.45) is 51.3. The smallest absolute Gasteiger partial charge is 0.306 e. The van der Waals surface area contributed by atoms with Gasteiger partial charge in [-0.25, -0.2) is 0 Å². The highest BCUT2D eigenvalue weighted by Crippen LogP contribution is 2.26. The van der Waals surface area contributed by atoms with Crippen LogP contribution in [0.25, 0.3) is 0 Å².